The van der Waals surface area contributed by atoms with Crippen molar-refractivity contribution in [2.45, 2.75) is 70.4 Å². The Balaban J connectivity index is 0.000000203. The van der Waals surface area contributed by atoms with Gasteiger partial charge in [0.15, 0.2) is 0 Å². The number of thiol groups is 1. The molecule has 4 fully saturated rings. The molecule has 4 bridgehead atoms. The number of carboxylic acid groups (broad SMARTS) is 1. The van der Waals surface area contributed by atoms with Crippen molar-refractivity contribution >= 4 is 36.3 Å². The van der Waals surface area contributed by atoms with Crippen LogP contribution in [-0.2, 0) is 14.3 Å². The second kappa shape index (κ2) is 10.4. The van der Waals surface area contributed by atoms with Gasteiger partial charge in [0.05, 0.1) is 5.92 Å². The fraction of sp³-hybridized carbons (Fsp3) is 0.900. The van der Waals surface area contributed by atoms with Crippen LogP contribution in [0, 0.1) is 23.7 Å². The van der Waals surface area contributed by atoms with E-state index in [4.69, 9.17) is 15.6 Å². The molecule has 0 aromatic heterocycles. The van der Waals surface area contributed by atoms with Gasteiger partial charge in [-0.3, -0.25) is 4.79 Å². The van der Waals surface area contributed by atoms with Crippen molar-refractivity contribution in [1.29, 1.82) is 0 Å². The van der Waals surface area contributed by atoms with Crippen molar-refractivity contribution in [2.75, 3.05) is 17.3 Å². The van der Waals surface area contributed by atoms with E-state index in [0.29, 0.717) is 17.0 Å². The van der Waals surface area contributed by atoms with Gasteiger partial charge in [-0.2, -0.15) is 24.4 Å². The largest absolute Gasteiger partial charge is 0.478 e. The topological polar surface area (TPSA) is 89.6 Å². The number of aliphatic carboxylic acids is 1. The SMILES string of the molecule is CCCSC[C@H](OC(=O)[C@H](C)CS)C(=O)O.NC12CC3CC(CC(C3)C1)C2. The number of rotatable bonds is 8. The van der Waals surface area contributed by atoms with Gasteiger partial charge < -0.3 is 15.6 Å². The second-order valence-electron chi connectivity index (χ2n) is 8.70. The Hall–Kier alpha value is -0.400. The van der Waals surface area contributed by atoms with Crippen LogP contribution in [0.2, 0.25) is 0 Å². The third-order valence-corrected chi connectivity index (χ3v) is 7.70. The quantitative estimate of drug-likeness (QED) is 0.318. The molecule has 7 heteroatoms. The molecule has 4 aliphatic carbocycles. The van der Waals surface area contributed by atoms with Crippen LogP contribution >= 0.6 is 24.4 Å². The molecular weight excluding hydrogens is 382 g/mol. The lowest BCUT2D eigenvalue weighted by Crippen LogP contribution is -2.55. The maximum absolute atomic E-state index is 11.4. The summed E-state index contributed by atoms with van der Waals surface area (Å²) < 4.78 is 4.90. The highest BCUT2D eigenvalue weighted by molar-refractivity contribution is 7.99. The number of carbonyl (C=O) groups excluding carboxylic acids is 1. The lowest BCUT2D eigenvalue weighted by Gasteiger charge is -2.55. The zero-order valence-electron chi connectivity index (χ0n) is 16.6. The fourth-order valence-corrected chi connectivity index (χ4v) is 6.03. The number of carbonyl (C=O) groups is 2. The Labute approximate surface area is 173 Å². The normalized spacial score (nSPS) is 33.0. The first-order valence-electron chi connectivity index (χ1n) is 10.2. The number of carboxylic acids is 1. The minimum absolute atomic E-state index is 0.300. The van der Waals surface area contributed by atoms with Crippen LogP contribution in [0.1, 0.15) is 58.8 Å². The molecule has 2 atom stereocenters. The van der Waals surface area contributed by atoms with Gasteiger partial charge in [0, 0.05) is 17.0 Å². The van der Waals surface area contributed by atoms with Crippen LogP contribution in [0.15, 0.2) is 0 Å². The summed E-state index contributed by atoms with van der Waals surface area (Å²) >= 11 is 5.44. The highest BCUT2D eigenvalue weighted by atomic mass is 32.2. The summed E-state index contributed by atoms with van der Waals surface area (Å²) in [6, 6.07) is 0. The van der Waals surface area contributed by atoms with Crippen molar-refractivity contribution in [2.24, 2.45) is 29.4 Å². The van der Waals surface area contributed by atoms with Gasteiger partial charge in [-0.1, -0.05) is 13.8 Å². The van der Waals surface area contributed by atoms with Gasteiger partial charge in [0.2, 0.25) is 6.10 Å². The van der Waals surface area contributed by atoms with Crippen LogP contribution in [0.25, 0.3) is 0 Å². The second-order valence-corrected chi connectivity index (χ2v) is 10.2. The summed E-state index contributed by atoms with van der Waals surface area (Å²) in [6.45, 7) is 3.67. The lowest BCUT2D eigenvalue weighted by molar-refractivity contribution is -0.164. The van der Waals surface area contributed by atoms with E-state index < -0.39 is 18.0 Å². The van der Waals surface area contributed by atoms with Crippen molar-refractivity contribution in [3.05, 3.63) is 0 Å². The smallest absolute Gasteiger partial charge is 0.345 e. The molecule has 4 saturated carbocycles. The summed E-state index contributed by atoms with van der Waals surface area (Å²) in [7, 11) is 0. The number of thioether (sulfide) groups is 1. The Bertz CT molecular complexity index is 479. The molecule has 0 amide bonds. The van der Waals surface area contributed by atoms with E-state index in [0.717, 1.165) is 29.9 Å². The molecule has 3 N–H and O–H groups in total. The van der Waals surface area contributed by atoms with E-state index in [9.17, 15) is 9.59 Å². The molecule has 0 saturated heterocycles. The van der Waals surface area contributed by atoms with Gasteiger partial charge in [0.25, 0.3) is 0 Å². The van der Waals surface area contributed by atoms with Gasteiger partial charge in [-0.25, -0.2) is 4.79 Å². The Morgan fingerprint density at radius 3 is 2.11 bits per heavy atom. The van der Waals surface area contributed by atoms with E-state index in [2.05, 4.69) is 12.6 Å². The van der Waals surface area contributed by atoms with E-state index in [1.165, 1.54) is 50.3 Å². The van der Waals surface area contributed by atoms with Crippen molar-refractivity contribution in [3.63, 3.8) is 0 Å². The van der Waals surface area contributed by atoms with Gasteiger partial charge >= 0.3 is 11.9 Å². The van der Waals surface area contributed by atoms with Gasteiger partial charge in [-0.15, -0.1) is 0 Å². The minimum atomic E-state index is -1.09. The molecule has 156 valence electrons. The van der Waals surface area contributed by atoms with E-state index >= 15 is 0 Å². The molecule has 0 spiro atoms. The molecule has 4 aliphatic rings. The molecule has 5 nitrogen and oxygen atoms in total. The van der Waals surface area contributed by atoms with Crippen LogP contribution in [0.5, 0.6) is 0 Å². The maximum atomic E-state index is 11.4. The first kappa shape index (κ1) is 22.9. The van der Waals surface area contributed by atoms with E-state index in [1.807, 2.05) is 6.92 Å². The van der Waals surface area contributed by atoms with Crippen LogP contribution in [-0.4, -0.2) is 45.9 Å². The predicted octanol–water partition coefficient (Wildman–Crippen LogP) is 3.61. The average molecular weight is 418 g/mol. The molecule has 0 unspecified atom stereocenters. The minimum Gasteiger partial charge on any atom is -0.478 e. The standard InChI is InChI=1S/C10H17N.C10H18O4S2/c11-10-4-7-1-8(5-10)3-9(2-7)6-10;1-3-4-16-6-8(9(11)12)14-10(13)7(2)5-15/h7-9H,1-6,11H2;7-8,15H,3-6H2,1-2H3,(H,11,12)/t;7-,8+/m.1/s1. The molecule has 0 radical (unpaired) electrons. The van der Waals surface area contributed by atoms with Crippen LogP contribution in [0.3, 0.4) is 0 Å². The highest BCUT2D eigenvalue weighted by Gasteiger charge is 2.48. The van der Waals surface area contributed by atoms with E-state index in [1.54, 1.807) is 6.92 Å². The van der Waals surface area contributed by atoms with Crippen molar-refractivity contribution in [3.8, 4) is 0 Å². The van der Waals surface area contributed by atoms with E-state index in [-0.39, 0.29) is 5.92 Å². The average Bonchev–Trinajstić information content (AvgIpc) is 2.58. The number of esters is 1. The Morgan fingerprint density at radius 1 is 1.22 bits per heavy atom. The Kier molecular flexibility index (Phi) is 8.81. The zero-order valence-corrected chi connectivity index (χ0v) is 18.3. The zero-order chi connectivity index (χ0) is 20.0. The summed E-state index contributed by atoms with van der Waals surface area (Å²) in [5, 5.41) is 8.87. The third kappa shape index (κ3) is 6.86. The third-order valence-electron chi connectivity index (χ3n) is 5.91. The van der Waals surface area contributed by atoms with Crippen LogP contribution < -0.4 is 5.73 Å². The summed E-state index contributed by atoms with van der Waals surface area (Å²) in [4.78, 5) is 22.2. The van der Waals surface area contributed by atoms with Crippen molar-refractivity contribution in [1.82, 2.24) is 0 Å². The number of ether oxygens (including phenoxy) is 1. The first-order valence-corrected chi connectivity index (χ1v) is 12.0. The summed E-state index contributed by atoms with van der Waals surface area (Å²) in [6.07, 6.45) is 8.49. The molecular formula is C20H35NO4S2. The molecule has 0 aromatic carbocycles. The number of hydrogen-bond donors (Lipinski definition) is 3. The maximum Gasteiger partial charge on any atom is 0.345 e. The van der Waals surface area contributed by atoms with Crippen molar-refractivity contribution < 1.29 is 19.4 Å². The molecule has 0 aromatic rings. The summed E-state index contributed by atoms with van der Waals surface area (Å²) in [5.41, 5.74) is 6.62. The lowest BCUT2D eigenvalue weighted by atomic mass is 9.53. The van der Waals surface area contributed by atoms with Gasteiger partial charge in [0.1, 0.15) is 0 Å². The highest BCUT2D eigenvalue weighted by Crippen LogP contribution is 2.54. The molecule has 0 heterocycles. The predicted molar refractivity (Wildman–Crippen MR) is 113 cm³/mol. The summed E-state index contributed by atoms with van der Waals surface area (Å²) in [5.74, 6) is 2.61. The molecule has 27 heavy (non-hydrogen) atoms. The first-order chi connectivity index (χ1) is 12.8. The van der Waals surface area contributed by atoms with Gasteiger partial charge in [-0.05, 0) is 68.5 Å². The monoisotopic (exact) mass is 417 g/mol. The molecule has 4 rings (SSSR count). The Morgan fingerprint density at radius 2 is 1.74 bits per heavy atom. The number of hydrogen-bond acceptors (Lipinski definition) is 6. The van der Waals surface area contributed by atoms with Crippen LogP contribution in [0.4, 0.5) is 0 Å². The fourth-order valence-electron chi connectivity index (χ4n) is 5.00. The number of nitrogens with two attached hydrogens (primary N) is 1. The molecule has 0 aliphatic heterocycles.